The first-order chi connectivity index (χ1) is 13.7. The summed E-state index contributed by atoms with van der Waals surface area (Å²) >= 11 is 0. The number of aromatic nitrogens is 1. The molecule has 1 heterocycles. The molecular weight excluding hydrogens is 362 g/mol. The average molecular weight is 387 g/mol. The SMILES string of the molecule is CC(=O)c1ccc(Nc2ccnc(C(=O)Nc3ccccc3C(C)(C)C)c2)cc1. The van der Waals surface area contributed by atoms with E-state index in [4.69, 9.17) is 0 Å². The van der Waals surface area contributed by atoms with Crippen molar-refractivity contribution in [3.05, 3.63) is 83.7 Å². The molecule has 0 aliphatic carbocycles. The summed E-state index contributed by atoms with van der Waals surface area (Å²) in [7, 11) is 0. The van der Waals surface area contributed by atoms with Crippen molar-refractivity contribution in [3.8, 4) is 0 Å². The highest BCUT2D eigenvalue weighted by Gasteiger charge is 2.19. The van der Waals surface area contributed by atoms with Crippen molar-refractivity contribution < 1.29 is 9.59 Å². The lowest BCUT2D eigenvalue weighted by molar-refractivity contribution is 0.101. The zero-order valence-electron chi connectivity index (χ0n) is 17.1. The first-order valence-corrected chi connectivity index (χ1v) is 9.49. The van der Waals surface area contributed by atoms with Crippen LogP contribution in [0.5, 0.6) is 0 Å². The number of rotatable bonds is 5. The minimum Gasteiger partial charge on any atom is -0.355 e. The zero-order valence-corrected chi connectivity index (χ0v) is 17.1. The molecular formula is C24H25N3O2. The molecule has 0 aliphatic heterocycles. The Bertz CT molecular complexity index is 1030. The van der Waals surface area contributed by atoms with Gasteiger partial charge >= 0.3 is 0 Å². The second-order valence-electron chi connectivity index (χ2n) is 7.94. The number of pyridine rings is 1. The molecule has 0 saturated carbocycles. The smallest absolute Gasteiger partial charge is 0.274 e. The van der Waals surface area contributed by atoms with E-state index in [-0.39, 0.29) is 17.1 Å². The molecule has 0 radical (unpaired) electrons. The summed E-state index contributed by atoms with van der Waals surface area (Å²) in [5.41, 5.74) is 4.29. The van der Waals surface area contributed by atoms with Crippen LogP contribution in [0.2, 0.25) is 0 Å². The summed E-state index contributed by atoms with van der Waals surface area (Å²) in [5.74, 6) is -0.243. The number of nitrogens with zero attached hydrogens (tertiary/aromatic N) is 1. The third-order valence-corrected chi connectivity index (χ3v) is 4.56. The van der Waals surface area contributed by atoms with Crippen LogP contribution in [0, 0.1) is 0 Å². The number of hydrogen-bond donors (Lipinski definition) is 2. The van der Waals surface area contributed by atoms with E-state index in [2.05, 4.69) is 36.4 Å². The number of amides is 1. The number of nitrogens with one attached hydrogen (secondary N) is 2. The van der Waals surface area contributed by atoms with Gasteiger partial charge in [-0.05, 0) is 60.4 Å². The van der Waals surface area contributed by atoms with Crippen molar-refractivity contribution in [1.29, 1.82) is 0 Å². The molecule has 0 spiro atoms. The third kappa shape index (κ3) is 5.08. The van der Waals surface area contributed by atoms with Crippen LogP contribution in [0.3, 0.4) is 0 Å². The number of para-hydroxylation sites is 1. The fourth-order valence-corrected chi connectivity index (χ4v) is 3.02. The fraction of sp³-hybridized carbons (Fsp3) is 0.208. The molecule has 5 nitrogen and oxygen atoms in total. The summed E-state index contributed by atoms with van der Waals surface area (Å²) in [4.78, 5) is 28.4. The Morgan fingerprint density at radius 1 is 0.897 bits per heavy atom. The topological polar surface area (TPSA) is 71.1 Å². The van der Waals surface area contributed by atoms with Crippen molar-refractivity contribution in [2.75, 3.05) is 10.6 Å². The highest BCUT2D eigenvalue weighted by molar-refractivity contribution is 6.04. The van der Waals surface area contributed by atoms with Crippen LogP contribution in [0.4, 0.5) is 17.1 Å². The van der Waals surface area contributed by atoms with Crippen LogP contribution >= 0.6 is 0 Å². The molecule has 0 fully saturated rings. The van der Waals surface area contributed by atoms with E-state index in [1.165, 1.54) is 6.92 Å². The Labute approximate surface area is 171 Å². The summed E-state index contributed by atoms with van der Waals surface area (Å²) in [6.07, 6.45) is 1.59. The van der Waals surface area contributed by atoms with Crippen LogP contribution in [0.25, 0.3) is 0 Å². The second-order valence-corrected chi connectivity index (χ2v) is 7.94. The number of ketones is 1. The largest absolute Gasteiger partial charge is 0.355 e. The van der Waals surface area contributed by atoms with Gasteiger partial charge in [-0.1, -0.05) is 39.0 Å². The number of carbonyl (C=O) groups excluding carboxylic acids is 2. The fourth-order valence-electron chi connectivity index (χ4n) is 3.02. The summed E-state index contributed by atoms with van der Waals surface area (Å²) in [6, 6.07) is 18.5. The van der Waals surface area contributed by atoms with Crippen molar-refractivity contribution in [2.24, 2.45) is 0 Å². The van der Waals surface area contributed by atoms with Gasteiger partial charge in [0.1, 0.15) is 5.69 Å². The van der Waals surface area contributed by atoms with Crippen molar-refractivity contribution in [3.63, 3.8) is 0 Å². The lowest BCUT2D eigenvalue weighted by Crippen LogP contribution is -2.19. The number of Topliss-reactive ketones (excluding diaryl/α,β-unsaturated/α-hetero) is 1. The first kappa shape index (κ1) is 20.3. The maximum absolute atomic E-state index is 12.8. The Kier molecular flexibility index (Phi) is 5.78. The van der Waals surface area contributed by atoms with Gasteiger partial charge in [0.05, 0.1) is 0 Å². The van der Waals surface area contributed by atoms with E-state index >= 15 is 0 Å². The molecule has 0 unspecified atom stereocenters. The van der Waals surface area contributed by atoms with Gasteiger partial charge in [0.2, 0.25) is 0 Å². The van der Waals surface area contributed by atoms with E-state index in [0.29, 0.717) is 11.3 Å². The predicted octanol–water partition coefficient (Wildman–Crippen LogP) is 5.58. The van der Waals surface area contributed by atoms with Gasteiger partial charge < -0.3 is 10.6 Å². The first-order valence-electron chi connectivity index (χ1n) is 9.49. The molecule has 1 aromatic heterocycles. The Morgan fingerprint density at radius 3 is 2.24 bits per heavy atom. The van der Waals surface area contributed by atoms with E-state index in [9.17, 15) is 9.59 Å². The Hall–Kier alpha value is -3.47. The molecule has 0 bridgehead atoms. The summed E-state index contributed by atoms with van der Waals surface area (Å²) in [5, 5.41) is 6.21. The molecule has 2 N–H and O–H groups in total. The lowest BCUT2D eigenvalue weighted by atomic mass is 9.86. The lowest BCUT2D eigenvalue weighted by Gasteiger charge is -2.23. The predicted molar refractivity (Wildman–Crippen MR) is 117 cm³/mol. The molecule has 29 heavy (non-hydrogen) atoms. The molecule has 3 aromatic rings. The highest BCUT2D eigenvalue weighted by Crippen LogP contribution is 2.29. The zero-order chi connectivity index (χ0) is 21.0. The molecule has 148 valence electrons. The monoisotopic (exact) mass is 387 g/mol. The molecule has 0 aliphatic rings. The van der Waals surface area contributed by atoms with E-state index in [1.54, 1.807) is 30.5 Å². The van der Waals surface area contributed by atoms with Crippen molar-refractivity contribution >= 4 is 28.8 Å². The minimum atomic E-state index is -0.266. The van der Waals surface area contributed by atoms with E-state index in [0.717, 1.165) is 22.6 Å². The van der Waals surface area contributed by atoms with Crippen LogP contribution < -0.4 is 10.6 Å². The van der Waals surface area contributed by atoms with Gasteiger partial charge in [-0.15, -0.1) is 0 Å². The number of benzene rings is 2. The number of anilines is 3. The van der Waals surface area contributed by atoms with Crippen molar-refractivity contribution in [1.82, 2.24) is 4.98 Å². The van der Waals surface area contributed by atoms with Gasteiger partial charge in [-0.25, -0.2) is 0 Å². The Morgan fingerprint density at radius 2 is 1.59 bits per heavy atom. The average Bonchev–Trinajstić information content (AvgIpc) is 2.68. The van der Waals surface area contributed by atoms with Gasteiger partial charge in [0, 0.05) is 28.8 Å². The van der Waals surface area contributed by atoms with E-state index < -0.39 is 0 Å². The maximum Gasteiger partial charge on any atom is 0.274 e. The van der Waals surface area contributed by atoms with Gasteiger partial charge in [0.15, 0.2) is 5.78 Å². The van der Waals surface area contributed by atoms with Crippen molar-refractivity contribution in [2.45, 2.75) is 33.1 Å². The highest BCUT2D eigenvalue weighted by atomic mass is 16.2. The van der Waals surface area contributed by atoms with E-state index in [1.807, 2.05) is 36.4 Å². The minimum absolute atomic E-state index is 0.0231. The van der Waals surface area contributed by atoms with Crippen LogP contribution in [0.15, 0.2) is 66.9 Å². The standard InChI is InChI=1S/C24H25N3O2/c1-16(28)17-9-11-18(12-10-17)26-19-13-14-25-22(15-19)23(29)27-21-8-6-5-7-20(21)24(2,3)4/h5-15H,1-4H3,(H,25,26)(H,27,29). The quantitative estimate of drug-likeness (QED) is 0.561. The second kappa shape index (κ2) is 8.27. The van der Waals surface area contributed by atoms with Crippen LogP contribution in [-0.4, -0.2) is 16.7 Å². The molecule has 5 heteroatoms. The normalized spacial score (nSPS) is 11.0. The van der Waals surface area contributed by atoms with Crippen LogP contribution in [0.1, 0.15) is 54.1 Å². The summed E-state index contributed by atoms with van der Waals surface area (Å²) in [6.45, 7) is 7.86. The molecule has 0 atom stereocenters. The number of hydrogen-bond acceptors (Lipinski definition) is 4. The van der Waals surface area contributed by atoms with Gasteiger partial charge in [-0.3, -0.25) is 14.6 Å². The van der Waals surface area contributed by atoms with Crippen LogP contribution in [-0.2, 0) is 5.41 Å². The molecule has 0 saturated heterocycles. The maximum atomic E-state index is 12.8. The molecule has 3 rings (SSSR count). The van der Waals surface area contributed by atoms with Gasteiger partial charge in [-0.2, -0.15) is 0 Å². The number of carbonyl (C=O) groups is 2. The Balaban J connectivity index is 1.77. The molecule has 2 aromatic carbocycles. The third-order valence-electron chi connectivity index (χ3n) is 4.56. The molecule has 1 amide bonds. The van der Waals surface area contributed by atoms with Gasteiger partial charge in [0.25, 0.3) is 5.91 Å². The summed E-state index contributed by atoms with van der Waals surface area (Å²) < 4.78 is 0.